The second-order valence-corrected chi connectivity index (χ2v) is 1.83. The number of nitro groups is 1. The van der Waals surface area contributed by atoms with Gasteiger partial charge in [-0.05, 0) is 6.26 Å². The molecule has 1 N–H and O–H groups in total. The van der Waals surface area contributed by atoms with E-state index in [0.717, 1.165) is 11.8 Å². The molecule has 0 rings (SSSR count). The van der Waals surface area contributed by atoms with E-state index in [-0.39, 0.29) is 5.03 Å². The van der Waals surface area contributed by atoms with Crippen LogP contribution in [-0.2, 0) is 0 Å². The molecule has 0 fully saturated rings. The predicted octanol–water partition coefficient (Wildman–Crippen LogP) is 0.708. The number of nitrogens with one attached hydrogen (secondary N) is 1. The van der Waals surface area contributed by atoms with E-state index in [2.05, 4.69) is 0 Å². The number of hydrogen-bond donors (Lipinski definition) is 0. The van der Waals surface area contributed by atoms with Crippen LogP contribution in [0.4, 0.5) is 0 Å². The van der Waals surface area contributed by atoms with Crippen molar-refractivity contribution >= 4 is 11.8 Å². The molecular weight excluding hydrogens is 128 g/mol. The summed E-state index contributed by atoms with van der Waals surface area (Å²) in [5, 5.41) is 9.53. The van der Waals surface area contributed by atoms with Crippen molar-refractivity contribution in [3.63, 3.8) is 0 Å². The summed E-state index contributed by atoms with van der Waals surface area (Å²) in [5.74, 6) is 0. The first kappa shape index (κ1) is 7.29. The van der Waals surface area contributed by atoms with Gasteiger partial charge in [-0.1, -0.05) is 0 Å². The molecule has 0 aromatic heterocycles. The lowest BCUT2D eigenvalue weighted by Crippen LogP contribution is -1.86. The predicted molar refractivity (Wildman–Crippen MR) is 31.7 cm³/mol. The molecule has 4 nitrogen and oxygen atoms in total. The fourth-order valence-electron chi connectivity index (χ4n) is 0.148. The number of rotatable bonds is 2. The highest BCUT2D eigenvalue weighted by Gasteiger charge is 1.92. The average molecular weight is 133 g/mol. The van der Waals surface area contributed by atoms with E-state index in [1.54, 1.807) is 6.26 Å². The third-order valence-electron chi connectivity index (χ3n) is 0.443. The van der Waals surface area contributed by atoms with Gasteiger partial charge >= 0.3 is 0 Å². The molecule has 0 heterocycles. The van der Waals surface area contributed by atoms with E-state index < -0.39 is 4.92 Å². The maximum atomic E-state index is 9.56. The summed E-state index contributed by atoms with van der Waals surface area (Å²) in [5.41, 5.74) is 6.73. The van der Waals surface area contributed by atoms with Crippen molar-refractivity contribution in [1.29, 1.82) is 0 Å². The summed E-state index contributed by atoms with van der Waals surface area (Å²) in [6.07, 6.45) is 2.27. The minimum atomic E-state index is -0.640. The van der Waals surface area contributed by atoms with Crippen molar-refractivity contribution in [2.75, 3.05) is 6.26 Å². The van der Waals surface area contributed by atoms with Gasteiger partial charge in [0.1, 0.15) is 0 Å². The zero-order valence-electron chi connectivity index (χ0n) is 4.25. The maximum absolute atomic E-state index is 9.56. The highest BCUT2D eigenvalue weighted by atomic mass is 32.2. The summed E-state index contributed by atoms with van der Waals surface area (Å²) in [7, 11) is 0. The Morgan fingerprint density at radius 3 is 2.62 bits per heavy atom. The summed E-state index contributed by atoms with van der Waals surface area (Å²) in [6, 6.07) is 0. The van der Waals surface area contributed by atoms with Gasteiger partial charge in [0.2, 0.25) is 0 Å². The quantitative estimate of drug-likeness (QED) is 0.411. The third-order valence-corrected chi connectivity index (χ3v) is 0.988. The van der Waals surface area contributed by atoms with Crippen molar-refractivity contribution in [3.8, 4) is 0 Å². The molecule has 0 bridgehead atoms. The van der Waals surface area contributed by atoms with Crippen LogP contribution < -0.4 is 5.73 Å². The van der Waals surface area contributed by atoms with Gasteiger partial charge in [-0.15, -0.1) is 11.8 Å². The molecule has 0 aromatic rings. The van der Waals surface area contributed by atoms with E-state index in [1.165, 1.54) is 0 Å². The fraction of sp³-hybridized carbons (Fsp3) is 0.333. The van der Waals surface area contributed by atoms with E-state index in [1.807, 2.05) is 0 Å². The highest BCUT2D eigenvalue weighted by Crippen LogP contribution is 2.03. The molecule has 0 saturated carbocycles. The minimum absolute atomic E-state index is 0.0324. The summed E-state index contributed by atoms with van der Waals surface area (Å²) in [4.78, 5) is 8.92. The van der Waals surface area contributed by atoms with Crippen molar-refractivity contribution in [2.24, 2.45) is 0 Å². The van der Waals surface area contributed by atoms with Crippen LogP contribution in [0.15, 0.2) is 11.2 Å². The van der Waals surface area contributed by atoms with Gasteiger partial charge in [0.25, 0.3) is 6.20 Å². The Bertz CT molecular complexity index is 122. The van der Waals surface area contributed by atoms with Crippen LogP contribution in [0.5, 0.6) is 0 Å². The molecule has 5 heteroatoms. The summed E-state index contributed by atoms with van der Waals surface area (Å²) in [6.45, 7) is 0. The molecule has 0 aromatic carbocycles. The van der Waals surface area contributed by atoms with E-state index in [9.17, 15) is 10.1 Å². The van der Waals surface area contributed by atoms with Gasteiger partial charge in [-0.25, -0.2) is 0 Å². The summed E-state index contributed by atoms with van der Waals surface area (Å²) >= 11 is 1.04. The van der Waals surface area contributed by atoms with Gasteiger partial charge < -0.3 is 0 Å². The lowest BCUT2D eigenvalue weighted by Gasteiger charge is -1.83. The molecule has 45 valence electrons. The first-order valence-corrected chi connectivity index (χ1v) is 3.00. The lowest BCUT2D eigenvalue weighted by molar-refractivity contribution is -0.403. The highest BCUT2D eigenvalue weighted by molar-refractivity contribution is 8.02. The van der Waals surface area contributed by atoms with Crippen LogP contribution in [0.1, 0.15) is 0 Å². The van der Waals surface area contributed by atoms with Gasteiger partial charge in [0, 0.05) is 0 Å². The van der Waals surface area contributed by atoms with Gasteiger partial charge in [0.15, 0.2) is 5.03 Å². The van der Waals surface area contributed by atoms with E-state index in [0.29, 0.717) is 6.20 Å². The standard InChI is InChI=1S/C3H5N2O2S/c1-8-3(4)2-5(6)7/h2,4H,1H3. The molecule has 8 heavy (non-hydrogen) atoms. The van der Waals surface area contributed by atoms with Crippen molar-refractivity contribution in [3.05, 3.63) is 21.3 Å². The molecule has 0 aliphatic carbocycles. The second kappa shape index (κ2) is 3.31. The van der Waals surface area contributed by atoms with Crippen molar-refractivity contribution in [1.82, 2.24) is 5.73 Å². The van der Waals surface area contributed by atoms with Gasteiger partial charge in [-0.2, -0.15) is 0 Å². The fourth-order valence-corrected chi connectivity index (χ4v) is 0.340. The maximum Gasteiger partial charge on any atom is 0.265 e. The Morgan fingerprint density at radius 2 is 2.50 bits per heavy atom. The Balaban J connectivity index is 3.75. The zero-order valence-corrected chi connectivity index (χ0v) is 5.07. The Labute approximate surface area is 50.9 Å². The van der Waals surface area contributed by atoms with Crippen LogP contribution in [0, 0.1) is 10.1 Å². The Hall–Kier alpha value is -0.710. The first-order chi connectivity index (χ1) is 3.66. The second-order valence-electron chi connectivity index (χ2n) is 0.983. The van der Waals surface area contributed by atoms with Gasteiger partial charge in [-0.3, -0.25) is 15.8 Å². The Kier molecular flexibility index (Phi) is 3.02. The van der Waals surface area contributed by atoms with E-state index >= 15 is 0 Å². The smallest absolute Gasteiger partial charge is 0.265 e. The molecule has 0 unspecified atom stereocenters. The third kappa shape index (κ3) is 3.48. The van der Waals surface area contributed by atoms with Crippen molar-refractivity contribution < 1.29 is 4.92 Å². The lowest BCUT2D eigenvalue weighted by atomic mass is 10.9. The molecule has 0 saturated heterocycles. The van der Waals surface area contributed by atoms with Crippen LogP contribution in [-0.4, -0.2) is 11.2 Å². The van der Waals surface area contributed by atoms with Crippen LogP contribution in [0.3, 0.4) is 0 Å². The SMILES string of the molecule is CSC([NH])=C[N+](=O)[O-]. The molecule has 1 radical (unpaired) electrons. The molecule has 0 amide bonds. The molecule has 0 spiro atoms. The monoisotopic (exact) mass is 133 g/mol. The van der Waals surface area contributed by atoms with E-state index in [4.69, 9.17) is 5.73 Å². The molecule has 0 aliphatic rings. The summed E-state index contributed by atoms with van der Waals surface area (Å²) < 4.78 is 0. The molecule has 0 atom stereocenters. The molecule has 0 aliphatic heterocycles. The number of nitrogens with zero attached hydrogens (tertiary/aromatic N) is 1. The van der Waals surface area contributed by atoms with Gasteiger partial charge in [0.05, 0.1) is 4.92 Å². The first-order valence-electron chi connectivity index (χ1n) is 1.77. The zero-order chi connectivity index (χ0) is 6.57. The van der Waals surface area contributed by atoms with Crippen LogP contribution in [0.25, 0.3) is 0 Å². The number of hydrogen-bond acceptors (Lipinski definition) is 3. The van der Waals surface area contributed by atoms with Crippen LogP contribution >= 0.6 is 11.8 Å². The number of thioether (sulfide) groups is 1. The Morgan fingerprint density at radius 1 is 2.00 bits per heavy atom. The largest absolute Gasteiger partial charge is 0.289 e. The molecular formula is C3H5N2O2S. The van der Waals surface area contributed by atoms with Crippen molar-refractivity contribution in [2.45, 2.75) is 0 Å². The topological polar surface area (TPSA) is 66.9 Å². The normalized spacial score (nSPS) is 11.4. The average Bonchev–Trinajstić information content (AvgIpc) is 1.65. The minimum Gasteiger partial charge on any atom is -0.289 e. The van der Waals surface area contributed by atoms with Crippen LogP contribution in [0.2, 0.25) is 0 Å².